The summed E-state index contributed by atoms with van der Waals surface area (Å²) in [6.07, 6.45) is 0. The van der Waals surface area contributed by atoms with E-state index in [2.05, 4.69) is 20.5 Å². The quantitative estimate of drug-likeness (QED) is 0.276. The van der Waals surface area contributed by atoms with Gasteiger partial charge < -0.3 is 20.5 Å². The molecule has 1 aromatic carbocycles. The largest absolute Gasteiger partial charge is 0.387 e. The van der Waals surface area contributed by atoms with Gasteiger partial charge in [-0.1, -0.05) is 13.0 Å². The first-order chi connectivity index (χ1) is 13.3. The number of halogens is 3. The molecule has 0 aliphatic carbocycles. The van der Waals surface area contributed by atoms with Gasteiger partial charge >= 0.3 is 0 Å². The summed E-state index contributed by atoms with van der Waals surface area (Å²) in [4.78, 5) is 6.67. The van der Waals surface area contributed by atoms with Crippen molar-refractivity contribution in [3.05, 3.63) is 35.4 Å². The van der Waals surface area contributed by atoms with Gasteiger partial charge in [-0.05, 0) is 37.5 Å². The van der Waals surface area contributed by atoms with Crippen molar-refractivity contribution in [2.75, 3.05) is 52.5 Å². The van der Waals surface area contributed by atoms with Crippen LogP contribution in [0.4, 0.5) is 8.78 Å². The van der Waals surface area contributed by atoms with Gasteiger partial charge in [-0.25, -0.2) is 8.78 Å². The van der Waals surface area contributed by atoms with E-state index in [4.69, 9.17) is 4.74 Å². The lowest BCUT2D eigenvalue weighted by Crippen LogP contribution is -2.48. The second kappa shape index (κ2) is 12.6. The predicted molar refractivity (Wildman–Crippen MR) is 122 cm³/mol. The van der Waals surface area contributed by atoms with Crippen LogP contribution in [0.1, 0.15) is 32.3 Å². The first-order valence-corrected chi connectivity index (χ1v) is 9.80. The van der Waals surface area contributed by atoms with Crippen LogP contribution in [0.3, 0.4) is 0 Å². The molecule has 1 saturated heterocycles. The number of hydrogen-bond acceptors (Lipinski definition) is 4. The summed E-state index contributed by atoms with van der Waals surface area (Å²) in [5, 5.41) is 17.0. The van der Waals surface area contributed by atoms with Crippen molar-refractivity contribution in [3.8, 4) is 0 Å². The molecule has 1 fully saturated rings. The van der Waals surface area contributed by atoms with Gasteiger partial charge in [0.1, 0.15) is 0 Å². The molecule has 29 heavy (non-hydrogen) atoms. The Bertz CT molecular complexity index is 655. The molecule has 2 unspecified atom stereocenters. The van der Waals surface area contributed by atoms with E-state index < -0.39 is 17.2 Å². The number of benzene rings is 1. The van der Waals surface area contributed by atoms with Gasteiger partial charge in [0.05, 0.1) is 25.4 Å². The highest BCUT2D eigenvalue weighted by atomic mass is 127. The molecular formula is C20H33F2IN4O2. The lowest BCUT2D eigenvalue weighted by Gasteiger charge is -2.33. The molecule has 6 nitrogen and oxygen atoms in total. The number of guanidine groups is 1. The molecule has 1 heterocycles. The first-order valence-electron chi connectivity index (χ1n) is 9.80. The third kappa shape index (κ3) is 9.10. The van der Waals surface area contributed by atoms with Crippen molar-refractivity contribution in [1.82, 2.24) is 15.5 Å². The van der Waals surface area contributed by atoms with E-state index in [1.807, 2.05) is 13.8 Å². The zero-order chi connectivity index (χ0) is 20.6. The Hall–Kier alpha value is -1.04. The van der Waals surface area contributed by atoms with Gasteiger partial charge in [-0.15, -0.1) is 24.0 Å². The van der Waals surface area contributed by atoms with Gasteiger partial charge in [0, 0.05) is 32.7 Å². The molecule has 0 bridgehead atoms. The van der Waals surface area contributed by atoms with E-state index in [9.17, 15) is 13.9 Å². The van der Waals surface area contributed by atoms with Crippen LogP contribution in [0.2, 0.25) is 0 Å². The van der Waals surface area contributed by atoms with Crippen molar-refractivity contribution in [1.29, 1.82) is 0 Å². The maximum atomic E-state index is 13.4. The molecule has 166 valence electrons. The lowest BCUT2D eigenvalue weighted by molar-refractivity contribution is -0.0179. The number of aliphatic imine (C=N–C) groups is 1. The van der Waals surface area contributed by atoms with E-state index in [1.165, 1.54) is 6.07 Å². The molecule has 0 saturated carbocycles. The second-order valence-electron chi connectivity index (χ2n) is 7.54. The van der Waals surface area contributed by atoms with Crippen molar-refractivity contribution in [2.45, 2.75) is 32.3 Å². The number of morpholine rings is 1. The molecule has 1 aliphatic heterocycles. The summed E-state index contributed by atoms with van der Waals surface area (Å²) >= 11 is 0. The molecule has 9 heteroatoms. The van der Waals surface area contributed by atoms with Gasteiger partial charge in [0.25, 0.3) is 0 Å². The molecule has 2 rings (SSSR count). The minimum atomic E-state index is -0.953. The van der Waals surface area contributed by atoms with Gasteiger partial charge in [-0.3, -0.25) is 9.89 Å². The Balaban J connectivity index is 0.00000420. The Labute approximate surface area is 189 Å². The summed E-state index contributed by atoms with van der Waals surface area (Å²) < 4.78 is 31.9. The lowest BCUT2D eigenvalue weighted by atomic mass is 10.0. The molecule has 3 N–H and O–H groups in total. The molecule has 0 radical (unpaired) electrons. The highest BCUT2D eigenvalue weighted by Crippen LogP contribution is 2.17. The molecule has 0 spiro atoms. The van der Waals surface area contributed by atoms with Crippen molar-refractivity contribution < 1.29 is 18.6 Å². The van der Waals surface area contributed by atoms with E-state index in [0.717, 1.165) is 19.2 Å². The second-order valence-corrected chi connectivity index (χ2v) is 7.54. The summed E-state index contributed by atoms with van der Waals surface area (Å²) in [7, 11) is 0. The maximum Gasteiger partial charge on any atom is 0.191 e. The Morgan fingerprint density at radius 2 is 1.97 bits per heavy atom. The monoisotopic (exact) mass is 526 g/mol. The summed E-state index contributed by atoms with van der Waals surface area (Å²) in [5.41, 5.74) is -0.243. The molecule has 2 atom stereocenters. The maximum absolute atomic E-state index is 13.4. The minimum absolute atomic E-state index is 0. The van der Waals surface area contributed by atoms with Gasteiger partial charge in [-0.2, -0.15) is 0 Å². The van der Waals surface area contributed by atoms with Crippen molar-refractivity contribution >= 4 is 29.9 Å². The molecule has 0 amide bonds. The van der Waals surface area contributed by atoms with Crippen LogP contribution in [-0.4, -0.2) is 74.0 Å². The van der Waals surface area contributed by atoms with Crippen LogP contribution >= 0.6 is 24.0 Å². The van der Waals surface area contributed by atoms with Crippen molar-refractivity contribution in [3.63, 3.8) is 0 Å². The van der Waals surface area contributed by atoms with E-state index in [1.54, 1.807) is 13.0 Å². The topological polar surface area (TPSA) is 69.1 Å². The minimum Gasteiger partial charge on any atom is -0.387 e. The number of ether oxygens (including phenoxy) is 1. The van der Waals surface area contributed by atoms with Crippen molar-refractivity contribution in [2.24, 2.45) is 4.99 Å². The third-order valence-corrected chi connectivity index (χ3v) is 4.68. The zero-order valence-corrected chi connectivity index (χ0v) is 19.7. The number of nitrogens with one attached hydrogen (secondary N) is 2. The van der Waals surface area contributed by atoms with Crippen LogP contribution in [0.15, 0.2) is 23.2 Å². The average molecular weight is 526 g/mol. The first kappa shape index (κ1) is 26.0. The van der Waals surface area contributed by atoms with Crippen LogP contribution in [0.5, 0.6) is 0 Å². The third-order valence-electron chi connectivity index (χ3n) is 4.68. The summed E-state index contributed by atoms with van der Waals surface area (Å²) in [6.45, 7) is 10.6. The zero-order valence-electron chi connectivity index (χ0n) is 17.4. The van der Waals surface area contributed by atoms with E-state index in [-0.39, 0.29) is 36.4 Å². The number of aliphatic hydroxyl groups is 1. The molecule has 0 aromatic heterocycles. The standard InChI is InChI=1S/C20H32F2N4O2.HI/c1-4-23-19(24-12-15(2)16-5-6-17(21)18(22)11-16)25-13-20(3,27)14-26-7-9-28-10-8-26;/h5-6,11,15,27H,4,7-10,12-14H2,1-3H3,(H2,23,24,25);1H. The van der Waals surface area contributed by atoms with Gasteiger partial charge in [0.15, 0.2) is 17.6 Å². The average Bonchev–Trinajstić information content (AvgIpc) is 2.66. The van der Waals surface area contributed by atoms with Crippen LogP contribution in [0, 0.1) is 11.6 Å². The van der Waals surface area contributed by atoms with Crippen LogP contribution in [-0.2, 0) is 4.74 Å². The molecule has 1 aromatic rings. The SMILES string of the molecule is CCNC(=NCC(C)(O)CN1CCOCC1)NCC(C)c1ccc(F)c(F)c1.I. The predicted octanol–water partition coefficient (Wildman–Crippen LogP) is 2.32. The Kier molecular flexibility index (Phi) is 11.3. The van der Waals surface area contributed by atoms with Crippen LogP contribution < -0.4 is 10.6 Å². The van der Waals surface area contributed by atoms with Gasteiger partial charge in [0.2, 0.25) is 0 Å². The molecule has 1 aliphatic rings. The number of hydrogen-bond donors (Lipinski definition) is 3. The summed E-state index contributed by atoms with van der Waals surface area (Å²) in [5.74, 6) is -1.14. The Morgan fingerprint density at radius 3 is 2.59 bits per heavy atom. The molecular weight excluding hydrogens is 493 g/mol. The van der Waals surface area contributed by atoms with E-state index in [0.29, 0.717) is 44.4 Å². The number of β-amino-alcohol motifs (C(OH)–C–C–N with tert-alkyl or cyclic N) is 1. The van der Waals surface area contributed by atoms with Crippen LogP contribution in [0.25, 0.3) is 0 Å². The van der Waals surface area contributed by atoms with E-state index >= 15 is 0 Å². The highest BCUT2D eigenvalue weighted by Gasteiger charge is 2.25. The fraction of sp³-hybridized carbons (Fsp3) is 0.650. The fourth-order valence-corrected chi connectivity index (χ4v) is 3.07. The number of nitrogens with zero attached hydrogens (tertiary/aromatic N) is 2. The summed E-state index contributed by atoms with van der Waals surface area (Å²) in [6, 6.07) is 3.95. The fourth-order valence-electron chi connectivity index (χ4n) is 3.07. The Morgan fingerprint density at radius 1 is 1.28 bits per heavy atom. The smallest absolute Gasteiger partial charge is 0.191 e. The number of rotatable bonds is 8. The highest BCUT2D eigenvalue weighted by molar-refractivity contribution is 14.0. The normalized spacial score (nSPS) is 18.5.